The fourth-order valence-electron chi connectivity index (χ4n) is 1.67. The molecule has 0 spiro atoms. The predicted molar refractivity (Wildman–Crippen MR) is 70.8 cm³/mol. The zero-order chi connectivity index (χ0) is 11.8. The first-order valence-corrected chi connectivity index (χ1v) is 6.82. The molecule has 3 heteroatoms. The van der Waals surface area contributed by atoms with Crippen molar-refractivity contribution in [1.29, 1.82) is 0 Å². The molecule has 0 aliphatic heterocycles. The van der Waals surface area contributed by atoms with Gasteiger partial charge >= 0.3 is 0 Å². The smallest absolute Gasteiger partial charge is 0.191 e. The summed E-state index contributed by atoms with van der Waals surface area (Å²) in [7, 11) is 0. The van der Waals surface area contributed by atoms with Crippen LogP contribution in [0.15, 0.2) is 4.99 Å². The second-order valence-electron chi connectivity index (χ2n) is 4.73. The minimum atomic E-state index is 0.733. The molecular formula is C13H27N3. The first kappa shape index (κ1) is 13.3. The number of nitrogens with zero attached hydrogens (tertiary/aromatic N) is 1. The molecule has 0 atom stereocenters. The van der Waals surface area contributed by atoms with E-state index < -0.39 is 0 Å². The first-order valence-electron chi connectivity index (χ1n) is 6.82. The molecule has 2 N–H and O–H groups in total. The molecule has 1 aliphatic rings. The monoisotopic (exact) mass is 225 g/mol. The van der Waals surface area contributed by atoms with E-state index in [0.717, 1.165) is 37.4 Å². The van der Waals surface area contributed by atoms with Crippen molar-refractivity contribution in [3.63, 3.8) is 0 Å². The van der Waals surface area contributed by atoms with Crippen molar-refractivity contribution in [1.82, 2.24) is 10.6 Å². The number of aliphatic imine (C=N–C) groups is 1. The summed E-state index contributed by atoms with van der Waals surface area (Å²) in [5.41, 5.74) is 0. The third kappa shape index (κ3) is 5.38. The van der Waals surface area contributed by atoms with E-state index in [1.165, 1.54) is 25.7 Å². The Balaban J connectivity index is 2.30. The molecule has 0 radical (unpaired) electrons. The molecule has 0 aromatic carbocycles. The summed E-state index contributed by atoms with van der Waals surface area (Å²) in [5, 5.41) is 6.73. The third-order valence-corrected chi connectivity index (χ3v) is 3.26. The lowest BCUT2D eigenvalue weighted by molar-refractivity contribution is 0.504. The van der Waals surface area contributed by atoms with E-state index >= 15 is 0 Å². The highest BCUT2D eigenvalue weighted by Gasteiger charge is 2.21. The topological polar surface area (TPSA) is 36.4 Å². The van der Waals surface area contributed by atoms with Crippen molar-refractivity contribution in [2.24, 2.45) is 16.8 Å². The summed E-state index contributed by atoms with van der Waals surface area (Å²) in [6.45, 7) is 9.59. The Morgan fingerprint density at radius 2 is 1.88 bits per heavy atom. The van der Waals surface area contributed by atoms with Crippen LogP contribution in [-0.4, -0.2) is 25.6 Å². The Morgan fingerprint density at radius 3 is 2.38 bits per heavy atom. The van der Waals surface area contributed by atoms with Crippen LogP contribution in [0.5, 0.6) is 0 Å². The molecular weight excluding hydrogens is 198 g/mol. The van der Waals surface area contributed by atoms with Crippen LogP contribution in [0.2, 0.25) is 0 Å². The quantitative estimate of drug-likeness (QED) is 0.515. The molecule has 0 bridgehead atoms. The zero-order valence-electron chi connectivity index (χ0n) is 11.1. The molecule has 94 valence electrons. The molecule has 1 rings (SSSR count). The van der Waals surface area contributed by atoms with Crippen LogP contribution in [0.25, 0.3) is 0 Å². The van der Waals surface area contributed by atoms with Gasteiger partial charge in [0.1, 0.15) is 0 Å². The lowest BCUT2D eigenvalue weighted by Gasteiger charge is -2.13. The van der Waals surface area contributed by atoms with Gasteiger partial charge in [-0.25, -0.2) is 0 Å². The van der Waals surface area contributed by atoms with Crippen molar-refractivity contribution in [2.45, 2.75) is 46.5 Å². The number of hydrogen-bond acceptors (Lipinski definition) is 1. The summed E-state index contributed by atoms with van der Waals surface area (Å²) < 4.78 is 0. The van der Waals surface area contributed by atoms with Gasteiger partial charge in [-0.1, -0.05) is 26.7 Å². The van der Waals surface area contributed by atoms with E-state index in [1.807, 2.05) is 0 Å². The summed E-state index contributed by atoms with van der Waals surface area (Å²) >= 11 is 0. The molecule has 0 aromatic heterocycles. The molecule has 0 unspecified atom stereocenters. The van der Waals surface area contributed by atoms with Crippen LogP contribution in [0.1, 0.15) is 46.5 Å². The maximum atomic E-state index is 4.65. The van der Waals surface area contributed by atoms with Gasteiger partial charge in [-0.05, 0) is 31.6 Å². The van der Waals surface area contributed by atoms with Gasteiger partial charge in [0.2, 0.25) is 0 Å². The average Bonchev–Trinajstić information content (AvgIpc) is 3.11. The van der Waals surface area contributed by atoms with Crippen LogP contribution in [0, 0.1) is 11.8 Å². The minimum absolute atomic E-state index is 0.733. The van der Waals surface area contributed by atoms with E-state index in [0.29, 0.717) is 0 Å². The average molecular weight is 225 g/mol. The van der Waals surface area contributed by atoms with Gasteiger partial charge < -0.3 is 10.6 Å². The second-order valence-corrected chi connectivity index (χ2v) is 4.73. The van der Waals surface area contributed by atoms with Crippen molar-refractivity contribution < 1.29 is 0 Å². The largest absolute Gasteiger partial charge is 0.357 e. The standard InChI is InChI=1S/C13H27N3/c1-4-11(5-2)9-15-13(14-6-3)16-10-12-7-8-12/h11-12H,4-10H2,1-3H3,(H2,14,15,16). The molecule has 0 heterocycles. The number of hydrogen-bond donors (Lipinski definition) is 2. The summed E-state index contributed by atoms with van der Waals surface area (Å²) in [6.07, 6.45) is 5.22. The molecule has 1 aliphatic carbocycles. The van der Waals surface area contributed by atoms with E-state index in [9.17, 15) is 0 Å². The zero-order valence-corrected chi connectivity index (χ0v) is 11.1. The van der Waals surface area contributed by atoms with Crippen molar-refractivity contribution >= 4 is 5.96 Å². The van der Waals surface area contributed by atoms with Gasteiger partial charge in [0.25, 0.3) is 0 Å². The summed E-state index contributed by atoms with van der Waals surface area (Å²) in [6, 6.07) is 0. The first-order chi connectivity index (χ1) is 7.80. The maximum Gasteiger partial charge on any atom is 0.191 e. The van der Waals surface area contributed by atoms with Crippen LogP contribution >= 0.6 is 0 Å². The van der Waals surface area contributed by atoms with Gasteiger partial charge in [0, 0.05) is 19.6 Å². The molecule has 0 amide bonds. The van der Waals surface area contributed by atoms with Crippen molar-refractivity contribution in [3.05, 3.63) is 0 Å². The Labute approximate surface area is 100 Å². The van der Waals surface area contributed by atoms with Gasteiger partial charge in [-0.2, -0.15) is 0 Å². The van der Waals surface area contributed by atoms with Crippen molar-refractivity contribution in [2.75, 3.05) is 19.6 Å². The lowest BCUT2D eigenvalue weighted by atomic mass is 10.0. The molecule has 0 saturated heterocycles. The SMILES string of the molecule is CCNC(=NCC(CC)CC)NCC1CC1. The molecule has 1 saturated carbocycles. The Hall–Kier alpha value is -0.730. The van der Waals surface area contributed by atoms with Crippen LogP contribution in [0.4, 0.5) is 0 Å². The highest BCUT2D eigenvalue weighted by Crippen LogP contribution is 2.27. The number of rotatable bonds is 7. The van der Waals surface area contributed by atoms with E-state index in [-0.39, 0.29) is 0 Å². The Kier molecular flexibility index (Phi) is 6.27. The fourth-order valence-corrected chi connectivity index (χ4v) is 1.67. The number of nitrogens with one attached hydrogen (secondary N) is 2. The lowest BCUT2D eigenvalue weighted by Crippen LogP contribution is -2.38. The van der Waals surface area contributed by atoms with Crippen LogP contribution in [0.3, 0.4) is 0 Å². The van der Waals surface area contributed by atoms with Gasteiger partial charge in [0.05, 0.1) is 0 Å². The second kappa shape index (κ2) is 7.53. The van der Waals surface area contributed by atoms with Gasteiger partial charge in [-0.15, -0.1) is 0 Å². The van der Waals surface area contributed by atoms with E-state index in [2.05, 4.69) is 36.4 Å². The van der Waals surface area contributed by atoms with E-state index in [4.69, 9.17) is 0 Å². The minimum Gasteiger partial charge on any atom is -0.357 e. The highest BCUT2D eigenvalue weighted by atomic mass is 15.2. The fraction of sp³-hybridized carbons (Fsp3) is 0.923. The predicted octanol–water partition coefficient (Wildman–Crippen LogP) is 2.39. The Bertz CT molecular complexity index is 205. The number of guanidine groups is 1. The summed E-state index contributed by atoms with van der Waals surface area (Å²) in [4.78, 5) is 4.65. The van der Waals surface area contributed by atoms with Crippen LogP contribution < -0.4 is 10.6 Å². The van der Waals surface area contributed by atoms with Gasteiger partial charge in [-0.3, -0.25) is 4.99 Å². The summed E-state index contributed by atoms with van der Waals surface area (Å²) in [5.74, 6) is 2.63. The molecule has 16 heavy (non-hydrogen) atoms. The van der Waals surface area contributed by atoms with Crippen LogP contribution in [-0.2, 0) is 0 Å². The third-order valence-electron chi connectivity index (χ3n) is 3.26. The Morgan fingerprint density at radius 1 is 1.19 bits per heavy atom. The molecule has 0 aromatic rings. The van der Waals surface area contributed by atoms with E-state index in [1.54, 1.807) is 0 Å². The highest BCUT2D eigenvalue weighted by molar-refractivity contribution is 5.79. The van der Waals surface area contributed by atoms with Gasteiger partial charge in [0.15, 0.2) is 5.96 Å². The molecule has 3 nitrogen and oxygen atoms in total. The van der Waals surface area contributed by atoms with Crippen molar-refractivity contribution in [3.8, 4) is 0 Å². The maximum absolute atomic E-state index is 4.65. The normalized spacial score (nSPS) is 16.6. The molecule has 1 fully saturated rings.